The van der Waals surface area contributed by atoms with Crippen LogP contribution in [0.15, 0.2) is 123 Å². The summed E-state index contributed by atoms with van der Waals surface area (Å²) in [5.41, 5.74) is 6.76. The molecule has 0 aliphatic rings. The molecule has 0 saturated carbocycles. The van der Waals surface area contributed by atoms with Crippen LogP contribution in [0, 0.1) is 0 Å². The normalized spacial score (nSPS) is 10.7. The van der Waals surface area contributed by atoms with Gasteiger partial charge in [-0.2, -0.15) is 0 Å². The fourth-order valence-electron chi connectivity index (χ4n) is 4.57. The summed E-state index contributed by atoms with van der Waals surface area (Å²) in [6.45, 7) is 0. The van der Waals surface area contributed by atoms with Gasteiger partial charge in [-0.1, -0.05) is 157 Å². The van der Waals surface area contributed by atoms with Crippen molar-refractivity contribution in [1.29, 1.82) is 0 Å². The highest BCUT2D eigenvalue weighted by Gasteiger charge is 2.17. The van der Waals surface area contributed by atoms with Gasteiger partial charge in [0.25, 0.3) is 21.8 Å². The first-order valence-corrected chi connectivity index (χ1v) is 14.1. The van der Waals surface area contributed by atoms with Crippen LogP contribution in [0.1, 0.15) is 0 Å². The lowest BCUT2D eigenvalue weighted by Gasteiger charge is -2.05. The maximum Gasteiger partial charge on any atom is 0.271 e. The summed E-state index contributed by atoms with van der Waals surface area (Å²) >= 11 is 0. The van der Waals surface area contributed by atoms with Crippen LogP contribution >= 0.6 is 0 Å². The lowest BCUT2D eigenvalue weighted by molar-refractivity contribution is 0.449. The molecule has 7 aromatic rings. The molecular weight excluding hydrogens is 557 g/mol. The predicted molar refractivity (Wildman–Crippen MR) is 179 cm³/mol. The Bertz CT molecular complexity index is 1750. The van der Waals surface area contributed by atoms with E-state index in [2.05, 4.69) is 30.4 Å². The van der Waals surface area contributed by atoms with Gasteiger partial charge in [-0.3, -0.25) is 0 Å². The van der Waals surface area contributed by atoms with Gasteiger partial charge in [0.15, 0.2) is 17.4 Å². The molecule has 0 atom stereocenters. The van der Waals surface area contributed by atoms with Crippen LogP contribution in [0.4, 0.5) is 0 Å². The highest BCUT2D eigenvalue weighted by atomic mass is 16.5. The second-order valence-corrected chi connectivity index (χ2v) is 10.0. The number of rotatable bonds is 12. The molecule has 0 saturated heterocycles. The van der Waals surface area contributed by atoms with Crippen molar-refractivity contribution in [1.82, 2.24) is 30.4 Å². The van der Waals surface area contributed by atoms with Crippen molar-refractivity contribution in [2.75, 3.05) is 0 Å². The van der Waals surface area contributed by atoms with E-state index in [-0.39, 0.29) is 0 Å². The summed E-state index contributed by atoms with van der Waals surface area (Å²) in [6, 6.07) is 35.3. The summed E-state index contributed by atoms with van der Waals surface area (Å²) in [6.07, 6.45) is 0. The monoisotopic (exact) mass is 576 g/mol. The number of hydrogen-bond acceptors (Lipinski definition) is 9. The van der Waals surface area contributed by atoms with E-state index in [1.807, 2.05) is 131 Å². The van der Waals surface area contributed by atoms with Crippen molar-refractivity contribution < 1.29 is 13.6 Å². The van der Waals surface area contributed by atoms with Crippen LogP contribution in [-0.4, -0.2) is 74.1 Å². The van der Waals surface area contributed by atoms with Crippen molar-refractivity contribution in [3.63, 3.8) is 0 Å². The Morgan fingerprint density at radius 1 is 0.333 bits per heavy atom. The molecule has 0 amide bonds. The van der Waals surface area contributed by atoms with Crippen LogP contribution in [0.3, 0.4) is 0 Å². The van der Waals surface area contributed by atoms with E-state index in [4.69, 9.17) is 13.6 Å². The van der Waals surface area contributed by atoms with E-state index in [0.717, 1.165) is 32.8 Å². The molecule has 0 aliphatic carbocycles. The molecule has 0 N–H and O–H groups in total. The minimum atomic E-state index is 0.357. The largest absolute Gasteiger partial charge is 0.352 e. The van der Waals surface area contributed by atoms with Crippen LogP contribution in [0.2, 0.25) is 0 Å². The molecule has 9 nitrogen and oxygen atoms in total. The molecule has 7 rings (SSSR count). The minimum absolute atomic E-state index is 0.357. The molecule has 15 heteroatoms. The van der Waals surface area contributed by atoms with E-state index in [9.17, 15) is 0 Å². The smallest absolute Gasteiger partial charge is 0.271 e. The summed E-state index contributed by atoms with van der Waals surface area (Å²) in [5.74, 6) is 1.07. The topological polar surface area (TPSA) is 117 Å². The lowest BCUT2D eigenvalue weighted by Crippen LogP contribution is -2.42. The van der Waals surface area contributed by atoms with Gasteiger partial charge in [-0.25, -0.2) is 15.0 Å². The van der Waals surface area contributed by atoms with Gasteiger partial charge in [0, 0.05) is 0 Å². The highest BCUT2D eigenvalue weighted by molar-refractivity contribution is 6.73. The summed E-state index contributed by atoms with van der Waals surface area (Å²) in [7, 11) is 11.0. The molecule has 204 valence electrons. The molecular formula is C30H18B6N6O3. The molecule has 0 bridgehead atoms. The van der Waals surface area contributed by atoms with E-state index in [1.165, 1.54) is 0 Å². The van der Waals surface area contributed by atoms with Crippen molar-refractivity contribution in [3.05, 3.63) is 109 Å². The molecule has 3 aromatic heterocycles. The van der Waals surface area contributed by atoms with E-state index in [1.54, 1.807) is 21.8 Å². The zero-order valence-electron chi connectivity index (χ0n) is 23.8. The third kappa shape index (κ3) is 7.80. The first-order valence-electron chi connectivity index (χ1n) is 14.1. The maximum absolute atomic E-state index is 5.52. The van der Waals surface area contributed by atoms with Gasteiger partial charge in [-0.05, 0) is 0 Å². The Balaban J connectivity index is 1.10. The first kappa shape index (κ1) is 28.5. The average Bonchev–Trinajstić information content (AvgIpc) is 3.81. The third-order valence-corrected chi connectivity index (χ3v) is 6.53. The van der Waals surface area contributed by atoms with Crippen LogP contribution in [0.5, 0.6) is 0 Å². The number of hydrogen-bond donors (Lipinski definition) is 0. The summed E-state index contributed by atoms with van der Waals surface area (Å²) in [5, 5.41) is 12.3. The molecule has 0 fully saturated rings. The van der Waals surface area contributed by atoms with Crippen molar-refractivity contribution in [3.8, 4) is 0 Å². The molecule has 3 heterocycles. The molecule has 45 heavy (non-hydrogen) atoms. The number of nitrogens with zero attached hydrogens (tertiary/aromatic N) is 6. The zero-order chi connectivity index (χ0) is 30.3. The molecule has 6 radical (unpaired) electrons. The predicted octanol–water partition coefficient (Wildman–Crippen LogP) is -5.23. The van der Waals surface area contributed by atoms with Crippen molar-refractivity contribution in [2.45, 2.75) is 0 Å². The average molecular weight is 575 g/mol. The quantitative estimate of drug-likeness (QED) is 0.132. The Kier molecular flexibility index (Phi) is 8.57. The Hall–Kier alpha value is -5.31. The van der Waals surface area contributed by atoms with Crippen LogP contribution in [0.25, 0.3) is 0 Å². The number of benzene rings is 4. The molecule has 0 aliphatic heterocycles. The number of aromatic nitrogens is 6. The first-order chi connectivity index (χ1) is 22.2. The summed E-state index contributed by atoms with van der Waals surface area (Å²) < 4.78 is 16.6. The lowest BCUT2D eigenvalue weighted by atomic mass is 9.59. The van der Waals surface area contributed by atoms with Gasteiger partial charge in [0.1, 0.15) is 17.2 Å². The fourth-order valence-corrected chi connectivity index (χ4v) is 4.57. The standard InChI is InChI=1S/C30H18B6N6O3/c1-4-10-19(11-5-1)31-25-37-28(43-40-25)34-22-16-23(35-29-38-26(41-44-29)32-20-12-6-2-7-13-20)18-24(17-22)36-30-39-27(42-45-30)33-21-14-8-3-9-15-21/h1-18H. The third-order valence-electron chi connectivity index (χ3n) is 6.53. The van der Waals surface area contributed by atoms with Gasteiger partial charge >= 0.3 is 0 Å². The van der Waals surface area contributed by atoms with Gasteiger partial charge in [0.2, 0.25) is 21.8 Å². The Morgan fingerprint density at radius 3 is 0.911 bits per heavy atom. The van der Waals surface area contributed by atoms with E-state index in [0.29, 0.717) is 34.5 Å². The SMILES string of the molecule is [B](c1ccccc1)c1noc([B]c2cc([B]c3nc([B]c4ccccc4)no3)cc([B]c3nc([B]c4ccccc4)no3)c2)n1. The van der Waals surface area contributed by atoms with Crippen molar-refractivity contribution in [2.24, 2.45) is 0 Å². The van der Waals surface area contributed by atoms with E-state index >= 15 is 0 Å². The fraction of sp³-hybridized carbons (Fsp3) is 0. The maximum atomic E-state index is 5.52. The summed E-state index contributed by atoms with van der Waals surface area (Å²) in [4.78, 5) is 13.5. The Labute approximate surface area is 263 Å². The second-order valence-electron chi connectivity index (χ2n) is 10.0. The second kappa shape index (κ2) is 13.5. The molecule has 0 unspecified atom stereocenters. The van der Waals surface area contributed by atoms with E-state index < -0.39 is 0 Å². The van der Waals surface area contributed by atoms with Gasteiger partial charge in [0.05, 0.1) is 0 Å². The minimum Gasteiger partial charge on any atom is -0.352 e. The van der Waals surface area contributed by atoms with Gasteiger partial charge in [-0.15, -0.1) is 0 Å². The van der Waals surface area contributed by atoms with Crippen molar-refractivity contribution >= 4 is 111 Å². The zero-order valence-corrected chi connectivity index (χ0v) is 23.8. The molecule has 4 aromatic carbocycles. The molecule has 0 spiro atoms. The Morgan fingerprint density at radius 2 is 0.622 bits per heavy atom. The van der Waals surface area contributed by atoms with Gasteiger partial charge < -0.3 is 13.6 Å². The highest BCUT2D eigenvalue weighted by Crippen LogP contribution is 1.85. The van der Waals surface area contributed by atoms with Crippen LogP contribution < -0.4 is 67.3 Å². The van der Waals surface area contributed by atoms with Crippen LogP contribution in [-0.2, 0) is 0 Å².